The molecule has 0 aliphatic carbocycles. The van der Waals surface area contributed by atoms with Gasteiger partial charge in [-0.05, 0) is 37.0 Å². The Bertz CT molecular complexity index is 1120. The van der Waals surface area contributed by atoms with Gasteiger partial charge in [-0.2, -0.15) is 0 Å². The van der Waals surface area contributed by atoms with Gasteiger partial charge < -0.3 is 14.2 Å². The van der Waals surface area contributed by atoms with E-state index in [0.29, 0.717) is 19.3 Å². The van der Waals surface area contributed by atoms with E-state index in [1.807, 2.05) is 0 Å². The summed E-state index contributed by atoms with van der Waals surface area (Å²) < 4.78 is 17.0. The van der Waals surface area contributed by atoms with Crippen molar-refractivity contribution in [3.8, 4) is 0 Å². The van der Waals surface area contributed by atoms with Gasteiger partial charge in [-0.1, -0.05) is 330 Å². The highest BCUT2D eigenvalue weighted by atomic mass is 16.6. The second kappa shape index (κ2) is 57.1. The lowest BCUT2D eigenvalue weighted by molar-refractivity contribution is -0.167. The number of rotatable bonds is 59. The molecule has 0 aliphatic heterocycles. The van der Waals surface area contributed by atoms with E-state index in [2.05, 4.69) is 41.5 Å². The highest BCUT2D eigenvalue weighted by Gasteiger charge is 2.19. The molecule has 0 rings (SSSR count). The number of hydrogen-bond acceptors (Lipinski definition) is 6. The molecule has 0 spiro atoms. The molecule has 0 aromatic rings. The lowest BCUT2D eigenvalue weighted by Crippen LogP contribution is -2.30. The van der Waals surface area contributed by atoms with Crippen LogP contribution < -0.4 is 0 Å². The SMILES string of the molecule is CCC(C)CCCCCCCCCCCCCCCCCCCCC(=O)O[C@@H](COC(=O)CCCCCCCCCCCCCCCCCC(C)C)COC(=O)CCCCCCCCCCCCCC(C)C. The molecule has 0 bridgehead atoms. The second-order valence-electron chi connectivity index (χ2n) is 24.0. The first kappa shape index (κ1) is 70.4. The van der Waals surface area contributed by atoms with E-state index in [9.17, 15) is 14.4 Å². The molecule has 0 aliphatic rings. The summed E-state index contributed by atoms with van der Waals surface area (Å²) in [5.74, 6) is 1.75. The standard InChI is InChI=1S/C66H128O6/c1-7-62(6)54-48-42-36-30-24-18-14-10-8-9-11-15-20-26-33-39-45-51-57-66(69)72-63(59-71-65(68)56-50-44-38-32-27-21-23-29-35-41-47-53-61(4)5)58-70-64(67)55-49-43-37-31-25-19-16-12-13-17-22-28-34-40-46-52-60(2)3/h60-63H,7-59H2,1-6H3/t62?,63-/m0/s1. The van der Waals surface area contributed by atoms with E-state index in [4.69, 9.17) is 14.2 Å². The van der Waals surface area contributed by atoms with Crippen LogP contribution in [0.5, 0.6) is 0 Å². The van der Waals surface area contributed by atoms with Crippen LogP contribution in [0, 0.1) is 17.8 Å². The molecule has 6 nitrogen and oxygen atoms in total. The van der Waals surface area contributed by atoms with Crippen LogP contribution in [0.3, 0.4) is 0 Å². The Morgan fingerprint density at radius 3 is 0.722 bits per heavy atom. The summed E-state index contributed by atoms with van der Waals surface area (Å²) in [6.07, 6.45) is 62.4. The zero-order chi connectivity index (χ0) is 52.6. The quantitative estimate of drug-likeness (QED) is 0.0343. The van der Waals surface area contributed by atoms with Crippen LogP contribution in [0.2, 0.25) is 0 Å². The van der Waals surface area contributed by atoms with Crippen LogP contribution in [0.15, 0.2) is 0 Å². The van der Waals surface area contributed by atoms with Crippen molar-refractivity contribution in [2.24, 2.45) is 17.8 Å². The molecule has 72 heavy (non-hydrogen) atoms. The Balaban J connectivity index is 4.26. The van der Waals surface area contributed by atoms with E-state index in [0.717, 1.165) is 75.5 Å². The smallest absolute Gasteiger partial charge is 0.306 e. The van der Waals surface area contributed by atoms with Gasteiger partial charge in [0.2, 0.25) is 0 Å². The molecule has 0 N–H and O–H groups in total. The fourth-order valence-corrected chi connectivity index (χ4v) is 10.2. The van der Waals surface area contributed by atoms with Gasteiger partial charge in [0, 0.05) is 19.3 Å². The Hall–Kier alpha value is -1.59. The van der Waals surface area contributed by atoms with Crippen molar-refractivity contribution >= 4 is 17.9 Å². The number of hydrogen-bond donors (Lipinski definition) is 0. The minimum Gasteiger partial charge on any atom is -0.462 e. The largest absolute Gasteiger partial charge is 0.462 e. The summed E-state index contributed by atoms with van der Waals surface area (Å²) in [6, 6.07) is 0. The van der Waals surface area contributed by atoms with E-state index >= 15 is 0 Å². The van der Waals surface area contributed by atoms with Gasteiger partial charge in [0.25, 0.3) is 0 Å². The Labute approximate surface area is 450 Å². The first-order valence-electron chi connectivity index (χ1n) is 32.6. The average molecular weight is 1020 g/mol. The van der Waals surface area contributed by atoms with Gasteiger partial charge in [0.1, 0.15) is 13.2 Å². The third-order valence-corrected chi connectivity index (χ3v) is 15.5. The number of unbranched alkanes of at least 4 members (excludes halogenated alkanes) is 41. The van der Waals surface area contributed by atoms with Gasteiger partial charge in [0.05, 0.1) is 0 Å². The molecule has 6 heteroatoms. The third kappa shape index (κ3) is 57.7. The van der Waals surface area contributed by atoms with E-state index in [1.165, 1.54) is 250 Å². The highest BCUT2D eigenvalue weighted by molar-refractivity contribution is 5.71. The molecular formula is C66H128O6. The summed E-state index contributed by atoms with van der Waals surface area (Å²) in [5, 5.41) is 0. The van der Waals surface area contributed by atoms with Crippen LogP contribution in [-0.2, 0) is 28.6 Å². The summed E-state index contributed by atoms with van der Waals surface area (Å²) in [7, 11) is 0. The van der Waals surface area contributed by atoms with E-state index in [-0.39, 0.29) is 31.1 Å². The van der Waals surface area contributed by atoms with Crippen molar-refractivity contribution < 1.29 is 28.6 Å². The third-order valence-electron chi connectivity index (χ3n) is 15.5. The molecule has 0 saturated carbocycles. The molecule has 0 radical (unpaired) electrons. The molecule has 0 amide bonds. The van der Waals surface area contributed by atoms with Crippen molar-refractivity contribution in [1.82, 2.24) is 0 Å². The summed E-state index contributed by atoms with van der Waals surface area (Å²) in [5.41, 5.74) is 0. The van der Waals surface area contributed by atoms with Gasteiger partial charge in [0.15, 0.2) is 6.10 Å². The van der Waals surface area contributed by atoms with E-state index < -0.39 is 6.10 Å². The number of ether oxygens (including phenoxy) is 3. The summed E-state index contributed by atoms with van der Waals surface area (Å²) in [6.45, 7) is 13.8. The minimum absolute atomic E-state index is 0.0626. The fourth-order valence-electron chi connectivity index (χ4n) is 10.2. The lowest BCUT2D eigenvalue weighted by atomic mass is 9.99. The first-order valence-corrected chi connectivity index (χ1v) is 32.6. The topological polar surface area (TPSA) is 78.9 Å². The Morgan fingerprint density at radius 2 is 0.486 bits per heavy atom. The molecule has 0 aromatic carbocycles. The number of carbonyl (C=O) groups excluding carboxylic acids is 3. The van der Waals surface area contributed by atoms with Gasteiger partial charge in [-0.3, -0.25) is 14.4 Å². The van der Waals surface area contributed by atoms with Crippen LogP contribution in [0.25, 0.3) is 0 Å². The zero-order valence-corrected chi connectivity index (χ0v) is 49.7. The summed E-state index contributed by atoms with van der Waals surface area (Å²) >= 11 is 0. The predicted molar refractivity (Wildman–Crippen MR) is 312 cm³/mol. The monoisotopic (exact) mass is 1020 g/mol. The van der Waals surface area contributed by atoms with Gasteiger partial charge >= 0.3 is 17.9 Å². The van der Waals surface area contributed by atoms with Crippen LogP contribution in [-0.4, -0.2) is 37.2 Å². The van der Waals surface area contributed by atoms with Crippen molar-refractivity contribution in [2.45, 2.75) is 375 Å². The second-order valence-corrected chi connectivity index (χ2v) is 24.0. The minimum atomic E-state index is -0.765. The van der Waals surface area contributed by atoms with Crippen molar-refractivity contribution in [3.05, 3.63) is 0 Å². The maximum absolute atomic E-state index is 12.9. The summed E-state index contributed by atoms with van der Waals surface area (Å²) in [4.78, 5) is 38.3. The Kier molecular flexibility index (Phi) is 55.9. The number of carbonyl (C=O) groups is 3. The zero-order valence-electron chi connectivity index (χ0n) is 49.7. The highest BCUT2D eigenvalue weighted by Crippen LogP contribution is 2.20. The molecule has 2 atom stereocenters. The average Bonchev–Trinajstić information content (AvgIpc) is 3.36. The fraction of sp³-hybridized carbons (Fsp3) is 0.955. The molecule has 0 heterocycles. The van der Waals surface area contributed by atoms with Gasteiger partial charge in [-0.25, -0.2) is 0 Å². The normalized spacial score (nSPS) is 12.5. The Morgan fingerprint density at radius 1 is 0.278 bits per heavy atom. The number of esters is 3. The predicted octanol–water partition coefficient (Wildman–Crippen LogP) is 21.8. The molecule has 0 aromatic heterocycles. The molecule has 0 fully saturated rings. The molecular weight excluding hydrogens is 889 g/mol. The van der Waals surface area contributed by atoms with Crippen molar-refractivity contribution in [3.63, 3.8) is 0 Å². The van der Waals surface area contributed by atoms with E-state index in [1.54, 1.807) is 0 Å². The van der Waals surface area contributed by atoms with Crippen molar-refractivity contribution in [2.75, 3.05) is 13.2 Å². The molecule has 428 valence electrons. The first-order chi connectivity index (χ1) is 35.1. The lowest BCUT2D eigenvalue weighted by Gasteiger charge is -2.18. The van der Waals surface area contributed by atoms with Crippen LogP contribution >= 0.6 is 0 Å². The van der Waals surface area contributed by atoms with Crippen LogP contribution in [0.1, 0.15) is 369 Å². The molecule has 0 saturated heterocycles. The van der Waals surface area contributed by atoms with Crippen LogP contribution in [0.4, 0.5) is 0 Å². The van der Waals surface area contributed by atoms with Crippen molar-refractivity contribution in [1.29, 1.82) is 0 Å². The maximum atomic E-state index is 12.9. The van der Waals surface area contributed by atoms with Gasteiger partial charge in [-0.15, -0.1) is 0 Å². The maximum Gasteiger partial charge on any atom is 0.306 e. The molecule has 1 unspecified atom stereocenters.